The molecule has 1 aromatic carbocycles. The van der Waals surface area contributed by atoms with Crippen LogP contribution in [0.15, 0.2) is 22.7 Å². The van der Waals surface area contributed by atoms with Gasteiger partial charge < -0.3 is 10.2 Å². The fourth-order valence-corrected chi connectivity index (χ4v) is 2.66. The number of carbonyl (C=O) groups is 2. The number of benzene rings is 1. The van der Waals surface area contributed by atoms with E-state index in [0.29, 0.717) is 16.6 Å². The highest BCUT2D eigenvalue weighted by atomic mass is 79.9. The molecule has 6 heteroatoms. The highest BCUT2D eigenvalue weighted by Gasteiger charge is 2.40. The molecule has 0 aromatic heterocycles. The second kappa shape index (κ2) is 5.52. The lowest BCUT2D eigenvalue weighted by atomic mass is 9.97. The van der Waals surface area contributed by atoms with Gasteiger partial charge in [0.25, 0.3) is 5.91 Å². The Kier molecular flexibility index (Phi) is 4.13. The van der Waals surface area contributed by atoms with Gasteiger partial charge in [0.15, 0.2) is 0 Å². The minimum Gasteiger partial charge on any atom is -0.342 e. The van der Waals surface area contributed by atoms with Crippen molar-refractivity contribution in [3.05, 3.63) is 28.5 Å². The molecule has 1 fully saturated rings. The Morgan fingerprint density at radius 1 is 1.45 bits per heavy atom. The van der Waals surface area contributed by atoms with Crippen molar-refractivity contribution >= 4 is 33.4 Å². The van der Waals surface area contributed by atoms with E-state index in [-0.39, 0.29) is 24.8 Å². The van der Waals surface area contributed by atoms with Crippen molar-refractivity contribution in [1.29, 1.82) is 0 Å². The molecule has 0 aliphatic carbocycles. The van der Waals surface area contributed by atoms with Gasteiger partial charge in [-0.1, -0.05) is 6.92 Å². The fraction of sp³-hybridized carbons (Fsp3) is 0.429. The lowest BCUT2D eigenvalue weighted by Gasteiger charge is -2.31. The first kappa shape index (κ1) is 15.0. The van der Waals surface area contributed by atoms with Crippen LogP contribution in [0, 0.1) is 5.82 Å². The average molecular weight is 343 g/mol. The van der Waals surface area contributed by atoms with Crippen LogP contribution in [0.1, 0.15) is 26.7 Å². The van der Waals surface area contributed by atoms with Gasteiger partial charge in [-0.3, -0.25) is 9.59 Å². The van der Waals surface area contributed by atoms with Crippen LogP contribution < -0.4 is 10.2 Å². The summed E-state index contributed by atoms with van der Waals surface area (Å²) >= 11 is 3.33. The highest BCUT2D eigenvalue weighted by molar-refractivity contribution is 9.10. The summed E-state index contributed by atoms with van der Waals surface area (Å²) in [5.74, 6) is -0.812. The van der Waals surface area contributed by atoms with Crippen molar-refractivity contribution in [1.82, 2.24) is 5.32 Å². The highest BCUT2D eigenvalue weighted by Crippen LogP contribution is 2.30. The molecule has 0 saturated carbocycles. The zero-order chi connectivity index (χ0) is 14.9. The molecule has 1 aliphatic heterocycles. The number of rotatable bonds is 2. The molecule has 4 nitrogen and oxygen atoms in total. The number of amides is 2. The number of anilines is 1. The summed E-state index contributed by atoms with van der Waals surface area (Å²) in [5, 5.41) is 2.75. The molecule has 108 valence electrons. The molecule has 1 atom stereocenters. The van der Waals surface area contributed by atoms with Gasteiger partial charge in [-0.25, -0.2) is 4.39 Å². The van der Waals surface area contributed by atoms with Crippen LogP contribution in [0.25, 0.3) is 0 Å². The molecule has 2 rings (SSSR count). The van der Waals surface area contributed by atoms with Gasteiger partial charge in [-0.15, -0.1) is 0 Å². The Morgan fingerprint density at radius 3 is 2.80 bits per heavy atom. The van der Waals surface area contributed by atoms with Gasteiger partial charge in [-0.05, 0) is 47.5 Å². The van der Waals surface area contributed by atoms with E-state index in [9.17, 15) is 14.0 Å². The number of halogens is 2. The van der Waals surface area contributed by atoms with Crippen LogP contribution in [0.5, 0.6) is 0 Å². The molecular formula is C14H16BrFN2O2. The maximum absolute atomic E-state index is 13.4. The van der Waals surface area contributed by atoms with E-state index in [4.69, 9.17) is 0 Å². The smallest absolute Gasteiger partial charge is 0.252 e. The second-order valence-electron chi connectivity index (χ2n) is 5.04. The van der Waals surface area contributed by atoms with E-state index in [2.05, 4.69) is 21.2 Å². The van der Waals surface area contributed by atoms with E-state index in [0.717, 1.165) is 0 Å². The van der Waals surface area contributed by atoms with Crippen LogP contribution in [-0.2, 0) is 9.59 Å². The third kappa shape index (κ3) is 2.70. The zero-order valence-electron chi connectivity index (χ0n) is 11.4. The molecule has 1 unspecified atom stereocenters. The fourth-order valence-electron chi connectivity index (χ4n) is 2.20. The predicted octanol–water partition coefficient (Wildman–Crippen LogP) is 2.61. The number of carbonyl (C=O) groups excluding carboxylic acids is 2. The molecule has 1 aliphatic rings. The van der Waals surface area contributed by atoms with Crippen molar-refractivity contribution < 1.29 is 14.0 Å². The Hall–Kier alpha value is -1.43. The zero-order valence-corrected chi connectivity index (χ0v) is 13.0. The molecule has 1 N–H and O–H groups in total. The topological polar surface area (TPSA) is 49.4 Å². The molecule has 1 saturated heterocycles. The monoisotopic (exact) mass is 342 g/mol. The molecule has 2 amide bonds. The Morgan fingerprint density at radius 2 is 2.15 bits per heavy atom. The maximum Gasteiger partial charge on any atom is 0.252 e. The van der Waals surface area contributed by atoms with Crippen molar-refractivity contribution in [3.8, 4) is 0 Å². The molecule has 0 radical (unpaired) electrons. The lowest BCUT2D eigenvalue weighted by molar-refractivity contribution is -0.129. The minimum absolute atomic E-state index is 0.169. The molecule has 0 bridgehead atoms. The van der Waals surface area contributed by atoms with Gasteiger partial charge >= 0.3 is 0 Å². The maximum atomic E-state index is 13.4. The SMILES string of the molecule is CCC1(C)NC(=O)CCN(c2cc(F)ccc2Br)C1=O. The van der Waals surface area contributed by atoms with Gasteiger partial charge in [0, 0.05) is 17.4 Å². The Labute approximate surface area is 125 Å². The molecule has 20 heavy (non-hydrogen) atoms. The van der Waals surface area contributed by atoms with Crippen LogP contribution in [0.3, 0.4) is 0 Å². The first-order valence-corrected chi connectivity index (χ1v) is 7.24. The van der Waals surface area contributed by atoms with E-state index in [1.165, 1.54) is 17.0 Å². The van der Waals surface area contributed by atoms with Gasteiger partial charge in [-0.2, -0.15) is 0 Å². The number of nitrogens with zero attached hydrogens (tertiary/aromatic N) is 1. The summed E-state index contributed by atoms with van der Waals surface area (Å²) in [6.07, 6.45) is 0.672. The predicted molar refractivity (Wildman–Crippen MR) is 77.9 cm³/mol. The standard InChI is InChI=1S/C14H16BrFN2O2/c1-3-14(2)13(20)18(7-6-12(19)17-14)11-8-9(16)4-5-10(11)15/h4-5,8H,3,6-7H2,1-2H3,(H,17,19). The summed E-state index contributed by atoms with van der Waals surface area (Å²) in [5.41, 5.74) is -0.509. The summed E-state index contributed by atoms with van der Waals surface area (Å²) in [6, 6.07) is 4.17. The first-order valence-electron chi connectivity index (χ1n) is 6.45. The first-order chi connectivity index (χ1) is 9.37. The van der Waals surface area contributed by atoms with Crippen LogP contribution in [0.2, 0.25) is 0 Å². The average Bonchev–Trinajstić information content (AvgIpc) is 2.52. The van der Waals surface area contributed by atoms with E-state index >= 15 is 0 Å². The van der Waals surface area contributed by atoms with Crippen molar-refractivity contribution in [2.75, 3.05) is 11.4 Å². The molecule has 1 heterocycles. The van der Waals surface area contributed by atoms with Crippen molar-refractivity contribution in [2.24, 2.45) is 0 Å². The quantitative estimate of drug-likeness (QED) is 0.898. The Bertz CT molecular complexity index is 564. The normalized spacial score (nSPS) is 23.5. The van der Waals surface area contributed by atoms with Crippen LogP contribution in [-0.4, -0.2) is 23.9 Å². The summed E-state index contributed by atoms with van der Waals surface area (Å²) in [7, 11) is 0. The summed E-state index contributed by atoms with van der Waals surface area (Å²) in [6.45, 7) is 3.77. The van der Waals surface area contributed by atoms with E-state index in [1.54, 1.807) is 13.0 Å². The Balaban J connectivity index is 2.46. The second-order valence-corrected chi connectivity index (χ2v) is 5.89. The minimum atomic E-state index is -0.959. The van der Waals surface area contributed by atoms with E-state index < -0.39 is 11.4 Å². The largest absolute Gasteiger partial charge is 0.342 e. The summed E-state index contributed by atoms with van der Waals surface area (Å²) < 4.78 is 14.1. The van der Waals surface area contributed by atoms with Gasteiger partial charge in [0.2, 0.25) is 5.91 Å². The third-order valence-electron chi connectivity index (χ3n) is 3.60. The number of hydrogen-bond acceptors (Lipinski definition) is 2. The van der Waals surface area contributed by atoms with Crippen LogP contribution in [0.4, 0.5) is 10.1 Å². The number of nitrogens with one attached hydrogen (secondary N) is 1. The number of hydrogen-bond donors (Lipinski definition) is 1. The van der Waals surface area contributed by atoms with Crippen molar-refractivity contribution in [3.63, 3.8) is 0 Å². The molecule has 0 spiro atoms. The molecular weight excluding hydrogens is 327 g/mol. The third-order valence-corrected chi connectivity index (χ3v) is 4.27. The van der Waals surface area contributed by atoms with Gasteiger partial charge in [0.1, 0.15) is 11.4 Å². The van der Waals surface area contributed by atoms with Crippen LogP contribution >= 0.6 is 15.9 Å². The summed E-state index contributed by atoms with van der Waals surface area (Å²) in [4.78, 5) is 25.9. The van der Waals surface area contributed by atoms with Gasteiger partial charge in [0.05, 0.1) is 5.69 Å². The van der Waals surface area contributed by atoms with E-state index in [1.807, 2.05) is 6.92 Å². The lowest BCUT2D eigenvalue weighted by Crippen LogP contribution is -2.54. The molecule has 1 aromatic rings. The van der Waals surface area contributed by atoms with Crippen molar-refractivity contribution in [2.45, 2.75) is 32.2 Å².